The Morgan fingerprint density at radius 2 is 1.82 bits per heavy atom. The molecular formula is C27H34N4O2. The molecule has 1 aromatic carbocycles. The molecule has 0 radical (unpaired) electrons. The summed E-state index contributed by atoms with van der Waals surface area (Å²) >= 11 is 0. The number of nitrogens with one attached hydrogen (secondary N) is 1. The topological polar surface area (TPSA) is 75.2 Å². The minimum atomic E-state index is -0.615. The van der Waals surface area contributed by atoms with E-state index in [1.54, 1.807) is 0 Å². The van der Waals surface area contributed by atoms with E-state index in [0.717, 1.165) is 36.1 Å². The van der Waals surface area contributed by atoms with Gasteiger partial charge in [-0.1, -0.05) is 37.1 Å². The minimum Gasteiger partial charge on any atom is -0.356 e. The van der Waals surface area contributed by atoms with E-state index in [4.69, 9.17) is 0 Å². The smallest absolute Gasteiger partial charge is 0.228 e. The lowest BCUT2D eigenvalue weighted by molar-refractivity contribution is -0.142. The third-order valence-electron chi connectivity index (χ3n) is 8.07. The third-order valence-corrected chi connectivity index (χ3v) is 8.07. The molecule has 174 valence electrons. The second kappa shape index (κ2) is 9.24. The van der Waals surface area contributed by atoms with Crippen molar-refractivity contribution in [1.82, 2.24) is 20.2 Å². The zero-order chi connectivity index (χ0) is 22.8. The Labute approximate surface area is 196 Å². The summed E-state index contributed by atoms with van der Waals surface area (Å²) in [5.41, 5.74) is 2.49. The van der Waals surface area contributed by atoms with Crippen molar-refractivity contribution in [3.8, 4) is 11.1 Å². The first-order valence-electron chi connectivity index (χ1n) is 12.5. The number of aromatic nitrogens is 2. The fraction of sp³-hybridized carbons (Fsp3) is 0.556. The number of hydrogen-bond donors (Lipinski definition) is 1. The van der Waals surface area contributed by atoms with Crippen LogP contribution in [0, 0.1) is 23.2 Å². The van der Waals surface area contributed by atoms with Crippen LogP contribution in [0.5, 0.6) is 0 Å². The molecule has 3 atom stereocenters. The van der Waals surface area contributed by atoms with Crippen molar-refractivity contribution in [3.05, 3.63) is 48.5 Å². The maximum Gasteiger partial charge on any atom is 0.228 e. The number of carbonyl (C=O) groups is 2. The number of likely N-dealkylation sites (tertiary alicyclic amines) is 1. The van der Waals surface area contributed by atoms with E-state index in [1.807, 2.05) is 36.4 Å². The number of hydrogen-bond acceptors (Lipinski definition) is 4. The zero-order valence-electron chi connectivity index (χ0n) is 19.5. The second-order valence-electron chi connectivity index (χ2n) is 10.1. The first-order valence-corrected chi connectivity index (χ1v) is 12.5. The van der Waals surface area contributed by atoms with Crippen molar-refractivity contribution in [2.45, 2.75) is 51.9 Å². The fourth-order valence-electron chi connectivity index (χ4n) is 6.41. The van der Waals surface area contributed by atoms with Gasteiger partial charge >= 0.3 is 0 Å². The molecule has 0 spiro atoms. The van der Waals surface area contributed by atoms with E-state index < -0.39 is 5.41 Å². The van der Waals surface area contributed by atoms with E-state index in [2.05, 4.69) is 27.4 Å². The Hall–Kier alpha value is -2.76. The highest BCUT2D eigenvalue weighted by atomic mass is 16.2. The molecule has 1 saturated heterocycles. The number of nitrogens with zero attached hydrogens (tertiary/aromatic N) is 3. The van der Waals surface area contributed by atoms with Gasteiger partial charge in [0.1, 0.15) is 6.33 Å². The van der Waals surface area contributed by atoms with E-state index in [-0.39, 0.29) is 11.8 Å². The van der Waals surface area contributed by atoms with Crippen LogP contribution >= 0.6 is 0 Å². The van der Waals surface area contributed by atoms with E-state index in [0.29, 0.717) is 37.3 Å². The predicted molar refractivity (Wildman–Crippen MR) is 127 cm³/mol. The van der Waals surface area contributed by atoms with E-state index in [1.165, 1.54) is 32.0 Å². The maximum absolute atomic E-state index is 13.5. The van der Waals surface area contributed by atoms with Crippen LogP contribution in [-0.2, 0) is 16.0 Å². The molecule has 0 unspecified atom stereocenters. The summed E-state index contributed by atoms with van der Waals surface area (Å²) in [6.45, 7) is 3.83. The van der Waals surface area contributed by atoms with Crippen molar-refractivity contribution in [1.29, 1.82) is 0 Å². The predicted octanol–water partition coefficient (Wildman–Crippen LogP) is 3.87. The summed E-state index contributed by atoms with van der Waals surface area (Å²) < 4.78 is 0. The number of fused-ring (bicyclic) bond motifs is 1. The molecule has 1 N–H and O–H groups in total. The molecular weight excluding hydrogens is 412 g/mol. The van der Waals surface area contributed by atoms with E-state index >= 15 is 0 Å². The number of carbonyl (C=O) groups excluding carboxylic acids is 2. The summed E-state index contributed by atoms with van der Waals surface area (Å²) in [6.07, 6.45) is 12.3. The first-order chi connectivity index (χ1) is 16.1. The quantitative estimate of drug-likeness (QED) is 0.731. The second-order valence-corrected chi connectivity index (χ2v) is 10.1. The molecule has 2 amide bonds. The van der Waals surface area contributed by atoms with Gasteiger partial charge in [0.25, 0.3) is 0 Å². The van der Waals surface area contributed by atoms with Gasteiger partial charge in [0.05, 0.1) is 5.41 Å². The third kappa shape index (κ3) is 4.28. The molecule has 3 fully saturated rings. The van der Waals surface area contributed by atoms with Gasteiger partial charge in [0.15, 0.2) is 0 Å². The van der Waals surface area contributed by atoms with Crippen LogP contribution in [-0.4, -0.2) is 46.3 Å². The Morgan fingerprint density at radius 1 is 1.09 bits per heavy atom. The SMILES string of the molecule is CCNC(=O)[C@]1(Cc2ccccc2-c2cncnc2)CCCN(C(=O)C2[C@@H]3CCCC[C@@H]23)C1. The summed E-state index contributed by atoms with van der Waals surface area (Å²) in [5, 5.41) is 3.09. The monoisotopic (exact) mass is 446 g/mol. The summed E-state index contributed by atoms with van der Waals surface area (Å²) in [4.78, 5) is 37.4. The summed E-state index contributed by atoms with van der Waals surface area (Å²) in [5.74, 6) is 1.74. The number of amides is 2. The minimum absolute atomic E-state index is 0.0647. The van der Waals surface area contributed by atoms with Crippen LogP contribution in [0.3, 0.4) is 0 Å². The molecule has 1 aromatic heterocycles. The molecule has 2 heterocycles. The lowest BCUT2D eigenvalue weighted by Crippen LogP contribution is -2.55. The fourth-order valence-corrected chi connectivity index (χ4v) is 6.41. The normalized spacial score (nSPS) is 28.6. The Kier molecular flexibility index (Phi) is 6.17. The van der Waals surface area contributed by atoms with Crippen LogP contribution < -0.4 is 5.32 Å². The first kappa shape index (κ1) is 22.1. The van der Waals surface area contributed by atoms with Crippen LogP contribution in [0.4, 0.5) is 0 Å². The number of rotatable bonds is 6. The van der Waals surface area contributed by atoms with Crippen molar-refractivity contribution in [2.75, 3.05) is 19.6 Å². The van der Waals surface area contributed by atoms with Gasteiger partial charge in [-0.3, -0.25) is 9.59 Å². The van der Waals surface area contributed by atoms with Crippen LogP contribution in [0.15, 0.2) is 43.0 Å². The van der Waals surface area contributed by atoms with Crippen molar-refractivity contribution in [3.63, 3.8) is 0 Å². The van der Waals surface area contributed by atoms with Gasteiger partial charge in [-0.2, -0.15) is 0 Å². The van der Waals surface area contributed by atoms with Gasteiger partial charge in [-0.15, -0.1) is 0 Å². The largest absolute Gasteiger partial charge is 0.356 e. The molecule has 3 aliphatic rings. The Morgan fingerprint density at radius 3 is 2.55 bits per heavy atom. The lowest BCUT2D eigenvalue weighted by atomic mass is 9.73. The van der Waals surface area contributed by atoms with Gasteiger partial charge in [-0.25, -0.2) is 9.97 Å². The number of piperidine rings is 1. The molecule has 2 aliphatic carbocycles. The van der Waals surface area contributed by atoms with Crippen LogP contribution in [0.1, 0.15) is 51.0 Å². The Balaban J connectivity index is 1.42. The van der Waals surface area contributed by atoms with Gasteiger partial charge < -0.3 is 10.2 Å². The molecule has 1 aliphatic heterocycles. The lowest BCUT2D eigenvalue weighted by Gasteiger charge is -2.42. The highest BCUT2D eigenvalue weighted by Crippen LogP contribution is 2.56. The van der Waals surface area contributed by atoms with Crippen LogP contribution in [0.2, 0.25) is 0 Å². The van der Waals surface area contributed by atoms with E-state index in [9.17, 15) is 9.59 Å². The molecule has 0 bridgehead atoms. The summed E-state index contributed by atoms with van der Waals surface area (Å²) in [6, 6.07) is 8.20. The van der Waals surface area contributed by atoms with Crippen molar-refractivity contribution >= 4 is 11.8 Å². The average Bonchev–Trinajstić information content (AvgIpc) is 3.59. The molecule has 6 nitrogen and oxygen atoms in total. The number of benzene rings is 1. The van der Waals surface area contributed by atoms with Crippen molar-refractivity contribution < 1.29 is 9.59 Å². The average molecular weight is 447 g/mol. The van der Waals surface area contributed by atoms with Crippen molar-refractivity contribution in [2.24, 2.45) is 23.2 Å². The molecule has 5 rings (SSSR count). The molecule has 6 heteroatoms. The standard InChI is InChI=1S/C27H34N4O2/c1-2-30-26(33)27(14-19-8-3-4-9-21(19)20-15-28-18-29-16-20)12-7-13-31(17-27)25(32)24-22-10-5-6-11-23(22)24/h3-4,8-9,15-16,18,22-24H,2,5-7,10-14,17H2,1H3,(H,30,33)/t22-,23-,27+/m1/s1. The Bertz CT molecular complexity index is 998. The zero-order valence-corrected chi connectivity index (χ0v) is 19.5. The molecule has 2 saturated carbocycles. The van der Waals surface area contributed by atoms with Gasteiger partial charge in [0.2, 0.25) is 11.8 Å². The maximum atomic E-state index is 13.5. The summed E-state index contributed by atoms with van der Waals surface area (Å²) in [7, 11) is 0. The molecule has 2 aromatic rings. The van der Waals surface area contributed by atoms with Gasteiger partial charge in [0, 0.05) is 43.5 Å². The van der Waals surface area contributed by atoms with Gasteiger partial charge in [-0.05, 0) is 62.0 Å². The molecule has 33 heavy (non-hydrogen) atoms. The highest BCUT2D eigenvalue weighted by molar-refractivity contribution is 5.87. The highest BCUT2D eigenvalue weighted by Gasteiger charge is 2.57. The van der Waals surface area contributed by atoms with Crippen LogP contribution in [0.25, 0.3) is 11.1 Å².